The summed E-state index contributed by atoms with van der Waals surface area (Å²) in [5.41, 5.74) is 2.82. The Bertz CT molecular complexity index is 946. The quantitative estimate of drug-likeness (QED) is 0.516. The van der Waals surface area contributed by atoms with Crippen molar-refractivity contribution >= 4 is 34.1 Å². The molecular formula is C16H14N4O2S2. The van der Waals surface area contributed by atoms with Crippen molar-refractivity contribution in [1.29, 1.82) is 0 Å². The molecular weight excluding hydrogens is 344 g/mol. The minimum Gasteiger partial charge on any atom is -0.494 e. The lowest BCUT2D eigenvalue weighted by Gasteiger charge is -2.00. The number of H-pyrrole nitrogens is 1. The maximum absolute atomic E-state index is 5.50. The van der Waals surface area contributed by atoms with E-state index in [4.69, 9.17) is 9.26 Å². The molecule has 0 aliphatic carbocycles. The first-order chi connectivity index (χ1) is 11.8. The van der Waals surface area contributed by atoms with Crippen LogP contribution in [-0.4, -0.2) is 26.7 Å². The number of thioether (sulfide) groups is 1. The van der Waals surface area contributed by atoms with Gasteiger partial charge in [-0.05, 0) is 30.5 Å². The fourth-order valence-corrected chi connectivity index (χ4v) is 3.60. The van der Waals surface area contributed by atoms with Gasteiger partial charge in [0.1, 0.15) is 5.75 Å². The van der Waals surface area contributed by atoms with E-state index >= 15 is 0 Å². The van der Waals surface area contributed by atoms with Crippen LogP contribution in [0.1, 0.15) is 12.7 Å². The largest absolute Gasteiger partial charge is 0.494 e. The Kier molecular flexibility index (Phi) is 4.22. The van der Waals surface area contributed by atoms with E-state index in [-0.39, 0.29) is 0 Å². The van der Waals surface area contributed by atoms with Gasteiger partial charge < -0.3 is 14.2 Å². The molecule has 0 aliphatic rings. The summed E-state index contributed by atoms with van der Waals surface area (Å²) in [5, 5.41) is 8.81. The summed E-state index contributed by atoms with van der Waals surface area (Å²) in [5.74, 6) is 2.63. The van der Waals surface area contributed by atoms with Gasteiger partial charge in [0.2, 0.25) is 0 Å². The van der Waals surface area contributed by atoms with Gasteiger partial charge in [0.05, 0.1) is 29.0 Å². The first-order valence-electron chi connectivity index (χ1n) is 7.42. The minimum absolute atomic E-state index is 0.554. The fourth-order valence-electron chi connectivity index (χ4n) is 2.24. The summed E-state index contributed by atoms with van der Waals surface area (Å²) >= 11 is 3.14. The number of benzene rings is 1. The molecule has 0 radical (unpaired) electrons. The first kappa shape index (κ1) is 15.2. The van der Waals surface area contributed by atoms with Crippen LogP contribution in [0.2, 0.25) is 0 Å². The lowest BCUT2D eigenvalue weighted by Crippen LogP contribution is -1.90. The molecule has 4 rings (SSSR count). The van der Waals surface area contributed by atoms with Crippen molar-refractivity contribution in [3.8, 4) is 17.2 Å². The number of thiophene rings is 1. The van der Waals surface area contributed by atoms with Crippen molar-refractivity contribution in [3.05, 3.63) is 40.8 Å². The zero-order chi connectivity index (χ0) is 16.4. The minimum atomic E-state index is 0.554. The zero-order valence-corrected chi connectivity index (χ0v) is 14.5. The van der Waals surface area contributed by atoms with E-state index in [0.29, 0.717) is 24.1 Å². The monoisotopic (exact) mass is 358 g/mol. The van der Waals surface area contributed by atoms with Crippen LogP contribution in [0.25, 0.3) is 22.5 Å². The highest BCUT2D eigenvalue weighted by molar-refractivity contribution is 7.98. The van der Waals surface area contributed by atoms with Gasteiger partial charge in [-0.15, -0.1) is 0 Å². The number of nitrogens with zero attached hydrogens (tertiary/aromatic N) is 3. The van der Waals surface area contributed by atoms with Gasteiger partial charge in [0.15, 0.2) is 11.0 Å². The Morgan fingerprint density at radius 3 is 3.08 bits per heavy atom. The van der Waals surface area contributed by atoms with E-state index in [1.54, 1.807) is 11.3 Å². The second kappa shape index (κ2) is 6.66. The average Bonchev–Trinajstić information content (AvgIpc) is 3.32. The summed E-state index contributed by atoms with van der Waals surface area (Å²) in [6.45, 7) is 2.61. The molecule has 0 atom stereocenters. The first-order valence-corrected chi connectivity index (χ1v) is 9.35. The molecule has 0 unspecified atom stereocenters. The number of fused-ring (bicyclic) bond motifs is 1. The molecule has 8 heteroatoms. The molecule has 3 aromatic heterocycles. The number of ether oxygens (including phenoxy) is 1. The molecule has 0 aliphatic heterocycles. The van der Waals surface area contributed by atoms with Crippen molar-refractivity contribution in [2.75, 3.05) is 6.61 Å². The van der Waals surface area contributed by atoms with Gasteiger partial charge in [0.25, 0.3) is 5.89 Å². The molecule has 6 nitrogen and oxygen atoms in total. The number of hydrogen-bond acceptors (Lipinski definition) is 7. The number of rotatable bonds is 6. The number of hydrogen-bond donors (Lipinski definition) is 1. The van der Waals surface area contributed by atoms with E-state index in [9.17, 15) is 0 Å². The van der Waals surface area contributed by atoms with Crippen molar-refractivity contribution in [2.45, 2.75) is 17.8 Å². The summed E-state index contributed by atoms with van der Waals surface area (Å²) in [7, 11) is 0. The number of aromatic nitrogens is 4. The lowest BCUT2D eigenvalue weighted by atomic mass is 10.3. The van der Waals surface area contributed by atoms with Crippen molar-refractivity contribution in [2.24, 2.45) is 0 Å². The molecule has 0 amide bonds. The maximum atomic E-state index is 5.50. The predicted molar refractivity (Wildman–Crippen MR) is 94.4 cm³/mol. The summed E-state index contributed by atoms with van der Waals surface area (Å²) < 4.78 is 10.8. The summed E-state index contributed by atoms with van der Waals surface area (Å²) in [4.78, 5) is 12.2. The fraction of sp³-hybridized carbons (Fsp3) is 0.188. The second-order valence-corrected chi connectivity index (χ2v) is 6.71. The molecule has 0 bridgehead atoms. The molecule has 0 spiro atoms. The van der Waals surface area contributed by atoms with Crippen LogP contribution in [0, 0.1) is 0 Å². The number of aromatic amines is 1. The summed E-state index contributed by atoms with van der Waals surface area (Å²) in [6, 6.07) is 7.79. The molecule has 3 heterocycles. The van der Waals surface area contributed by atoms with Crippen molar-refractivity contribution < 1.29 is 9.26 Å². The topological polar surface area (TPSA) is 76.8 Å². The Morgan fingerprint density at radius 2 is 2.25 bits per heavy atom. The molecule has 0 fully saturated rings. The molecule has 1 N–H and O–H groups in total. The smallest absolute Gasteiger partial charge is 0.258 e. The van der Waals surface area contributed by atoms with E-state index < -0.39 is 0 Å². The van der Waals surface area contributed by atoms with Gasteiger partial charge in [0, 0.05) is 11.4 Å². The van der Waals surface area contributed by atoms with Crippen LogP contribution < -0.4 is 4.74 Å². The van der Waals surface area contributed by atoms with E-state index in [2.05, 4.69) is 20.1 Å². The Hall–Kier alpha value is -2.32. The zero-order valence-electron chi connectivity index (χ0n) is 12.9. The molecule has 0 saturated carbocycles. The highest BCUT2D eigenvalue weighted by Gasteiger charge is 2.11. The van der Waals surface area contributed by atoms with Crippen molar-refractivity contribution in [1.82, 2.24) is 20.1 Å². The van der Waals surface area contributed by atoms with Crippen LogP contribution in [0.5, 0.6) is 5.75 Å². The predicted octanol–water partition coefficient (Wildman–Crippen LogP) is 4.37. The molecule has 4 aromatic rings. The standard InChI is InChI=1S/C16H14N4O2S2/c1-2-21-11-3-4-12-13(7-11)18-16(17-12)24-9-14-19-15(22-20-14)10-5-6-23-8-10/h3-8H,2,9H2,1H3,(H,17,18). The van der Waals surface area contributed by atoms with Gasteiger partial charge >= 0.3 is 0 Å². The van der Waals surface area contributed by atoms with Crippen molar-refractivity contribution in [3.63, 3.8) is 0 Å². The molecule has 0 saturated heterocycles. The highest BCUT2D eigenvalue weighted by Crippen LogP contribution is 2.26. The average molecular weight is 358 g/mol. The Morgan fingerprint density at radius 1 is 1.29 bits per heavy atom. The van der Waals surface area contributed by atoms with E-state index in [1.165, 1.54) is 11.8 Å². The molecule has 1 aromatic carbocycles. The maximum Gasteiger partial charge on any atom is 0.258 e. The van der Waals surface area contributed by atoms with Crippen LogP contribution in [-0.2, 0) is 5.75 Å². The second-order valence-electron chi connectivity index (χ2n) is 4.97. The third-order valence-corrected chi connectivity index (χ3v) is 4.87. The SMILES string of the molecule is CCOc1ccc2nc(SCc3noc(-c4ccsc4)n3)[nH]c2c1. The van der Waals surface area contributed by atoms with Crippen LogP contribution in [0.4, 0.5) is 0 Å². The van der Waals surface area contributed by atoms with E-state index in [1.807, 2.05) is 41.9 Å². The van der Waals surface area contributed by atoms with Crippen LogP contribution in [0.15, 0.2) is 44.7 Å². The summed E-state index contributed by atoms with van der Waals surface area (Å²) in [6.07, 6.45) is 0. The van der Waals surface area contributed by atoms with Crippen LogP contribution >= 0.6 is 23.1 Å². The Balaban J connectivity index is 1.46. The third kappa shape index (κ3) is 3.15. The van der Waals surface area contributed by atoms with Crippen LogP contribution in [0.3, 0.4) is 0 Å². The number of imidazole rings is 1. The number of nitrogens with one attached hydrogen (secondary N) is 1. The third-order valence-electron chi connectivity index (χ3n) is 3.32. The van der Waals surface area contributed by atoms with Gasteiger partial charge in [-0.2, -0.15) is 16.3 Å². The van der Waals surface area contributed by atoms with Gasteiger partial charge in [-0.3, -0.25) is 0 Å². The molecule has 24 heavy (non-hydrogen) atoms. The van der Waals surface area contributed by atoms with E-state index in [0.717, 1.165) is 27.5 Å². The Labute approximate surface area is 146 Å². The normalized spacial score (nSPS) is 11.2. The lowest BCUT2D eigenvalue weighted by molar-refractivity contribution is 0.340. The highest BCUT2D eigenvalue weighted by atomic mass is 32.2. The molecule has 122 valence electrons. The van der Waals surface area contributed by atoms with Gasteiger partial charge in [-0.25, -0.2) is 4.98 Å². The van der Waals surface area contributed by atoms with Gasteiger partial charge in [-0.1, -0.05) is 16.9 Å².